The molecule has 2 N–H and O–H groups in total. The maximum atomic E-state index is 12.5. The van der Waals surface area contributed by atoms with Gasteiger partial charge in [0.1, 0.15) is 0 Å². The summed E-state index contributed by atoms with van der Waals surface area (Å²) in [7, 11) is -3.89. The standard InChI is InChI=1S/C17H16N4O3S2/c1-11-7-6-10-14(12(11)2)21-26(23,24)17-20-19-16(25-17)18-15(22)13-8-4-3-5-9-13/h3-10,21H,1-2H3,(H,18,19,22). The normalized spacial score (nSPS) is 11.2. The van der Waals surface area contributed by atoms with E-state index in [1.165, 1.54) is 0 Å². The zero-order valence-corrected chi connectivity index (χ0v) is 15.7. The first-order valence-electron chi connectivity index (χ1n) is 7.66. The molecule has 2 aromatic carbocycles. The van der Waals surface area contributed by atoms with Crippen LogP contribution in [0.25, 0.3) is 0 Å². The monoisotopic (exact) mass is 388 g/mol. The molecule has 1 aromatic heterocycles. The van der Waals surface area contributed by atoms with Crippen LogP contribution in [0.1, 0.15) is 21.5 Å². The fourth-order valence-corrected chi connectivity index (χ4v) is 4.20. The van der Waals surface area contributed by atoms with E-state index in [-0.39, 0.29) is 15.4 Å². The van der Waals surface area contributed by atoms with E-state index in [4.69, 9.17) is 0 Å². The summed E-state index contributed by atoms with van der Waals surface area (Å²) in [5.74, 6) is -0.381. The van der Waals surface area contributed by atoms with Gasteiger partial charge in [-0.05, 0) is 43.2 Å². The Morgan fingerprint density at radius 3 is 2.46 bits per heavy atom. The molecule has 0 aliphatic rings. The third-order valence-electron chi connectivity index (χ3n) is 3.74. The summed E-state index contributed by atoms with van der Waals surface area (Å²) in [5.41, 5.74) is 2.73. The molecule has 1 heterocycles. The Labute approximate surface area is 155 Å². The van der Waals surface area contributed by atoms with Crippen LogP contribution in [-0.4, -0.2) is 24.5 Å². The van der Waals surface area contributed by atoms with Crippen molar-refractivity contribution >= 4 is 38.1 Å². The highest BCUT2D eigenvalue weighted by Gasteiger charge is 2.22. The zero-order chi connectivity index (χ0) is 18.7. The second-order valence-corrected chi connectivity index (χ2v) is 8.38. The number of amides is 1. The van der Waals surface area contributed by atoms with Crippen LogP contribution in [0.2, 0.25) is 0 Å². The minimum atomic E-state index is -3.89. The number of nitrogens with zero attached hydrogens (tertiary/aromatic N) is 2. The summed E-state index contributed by atoms with van der Waals surface area (Å²) in [6.45, 7) is 3.73. The maximum absolute atomic E-state index is 12.5. The number of hydrogen-bond acceptors (Lipinski definition) is 6. The summed E-state index contributed by atoms with van der Waals surface area (Å²) in [5, 5.41) is 10.1. The lowest BCUT2D eigenvalue weighted by molar-refractivity contribution is 0.102. The number of nitrogens with one attached hydrogen (secondary N) is 2. The summed E-state index contributed by atoms with van der Waals surface area (Å²) < 4.78 is 27.3. The van der Waals surface area contributed by atoms with Crippen molar-refractivity contribution in [3.8, 4) is 0 Å². The quantitative estimate of drug-likeness (QED) is 0.654. The van der Waals surface area contributed by atoms with Gasteiger partial charge in [0, 0.05) is 5.56 Å². The van der Waals surface area contributed by atoms with Crippen molar-refractivity contribution < 1.29 is 13.2 Å². The number of sulfonamides is 1. The van der Waals surface area contributed by atoms with Gasteiger partial charge in [-0.2, -0.15) is 8.42 Å². The van der Waals surface area contributed by atoms with E-state index in [2.05, 4.69) is 20.2 Å². The molecular weight excluding hydrogens is 372 g/mol. The van der Waals surface area contributed by atoms with Crippen LogP contribution in [0, 0.1) is 13.8 Å². The molecule has 0 atom stereocenters. The SMILES string of the molecule is Cc1cccc(NS(=O)(=O)c2nnc(NC(=O)c3ccccc3)s2)c1C. The molecule has 0 saturated carbocycles. The van der Waals surface area contributed by atoms with Crippen LogP contribution in [0.15, 0.2) is 52.9 Å². The first-order valence-corrected chi connectivity index (χ1v) is 9.96. The average molecular weight is 388 g/mol. The Bertz CT molecular complexity index is 1050. The molecule has 134 valence electrons. The third-order valence-corrected chi connectivity index (χ3v) is 6.31. The summed E-state index contributed by atoms with van der Waals surface area (Å²) in [6.07, 6.45) is 0. The molecule has 0 aliphatic carbocycles. The van der Waals surface area contributed by atoms with Gasteiger partial charge >= 0.3 is 0 Å². The van der Waals surface area contributed by atoms with Gasteiger partial charge in [-0.15, -0.1) is 10.2 Å². The van der Waals surface area contributed by atoms with E-state index in [0.29, 0.717) is 11.3 Å². The molecule has 0 spiro atoms. The lowest BCUT2D eigenvalue weighted by Gasteiger charge is -2.10. The maximum Gasteiger partial charge on any atom is 0.291 e. The van der Waals surface area contributed by atoms with Crippen LogP contribution in [0.5, 0.6) is 0 Å². The predicted octanol–water partition coefficient (Wildman–Crippen LogP) is 3.21. The van der Waals surface area contributed by atoms with Crippen LogP contribution in [-0.2, 0) is 10.0 Å². The van der Waals surface area contributed by atoms with Crippen LogP contribution in [0.4, 0.5) is 10.8 Å². The van der Waals surface area contributed by atoms with Crippen molar-refractivity contribution in [1.29, 1.82) is 0 Å². The van der Waals surface area contributed by atoms with Crippen molar-refractivity contribution in [3.63, 3.8) is 0 Å². The number of benzene rings is 2. The fraction of sp³-hybridized carbons (Fsp3) is 0.118. The van der Waals surface area contributed by atoms with Crippen molar-refractivity contribution in [2.75, 3.05) is 10.0 Å². The second kappa shape index (κ2) is 7.22. The molecule has 0 saturated heterocycles. The Morgan fingerprint density at radius 1 is 1.00 bits per heavy atom. The van der Waals surface area contributed by atoms with E-state index in [9.17, 15) is 13.2 Å². The number of aromatic nitrogens is 2. The Morgan fingerprint density at radius 2 is 1.73 bits per heavy atom. The highest BCUT2D eigenvalue weighted by molar-refractivity contribution is 7.94. The lowest BCUT2D eigenvalue weighted by Crippen LogP contribution is -2.13. The van der Waals surface area contributed by atoms with Crippen molar-refractivity contribution in [1.82, 2.24) is 10.2 Å². The van der Waals surface area contributed by atoms with E-state index in [0.717, 1.165) is 22.5 Å². The number of hydrogen-bond donors (Lipinski definition) is 2. The smallest absolute Gasteiger partial charge is 0.291 e. The molecule has 0 fully saturated rings. The van der Waals surface area contributed by atoms with Gasteiger partial charge in [0.05, 0.1) is 5.69 Å². The third kappa shape index (κ3) is 3.89. The van der Waals surface area contributed by atoms with Crippen molar-refractivity contribution in [2.45, 2.75) is 18.2 Å². The first-order chi connectivity index (χ1) is 12.4. The van der Waals surface area contributed by atoms with E-state index in [1.807, 2.05) is 19.9 Å². The first kappa shape index (κ1) is 18.0. The van der Waals surface area contributed by atoms with Gasteiger partial charge in [0.2, 0.25) is 5.13 Å². The number of rotatable bonds is 5. The highest BCUT2D eigenvalue weighted by Crippen LogP contribution is 2.25. The minimum absolute atomic E-state index is 0.111. The minimum Gasteiger partial charge on any atom is -0.296 e. The number of aryl methyl sites for hydroxylation is 1. The van der Waals surface area contributed by atoms with Gasteiger partial charge in [0.15, 0.2) is 0 Å². The summed E-state index contributed by atoms with van der Waals surface area (Å²) in [6, 6.07) is 13.9. The van der Waals surface area contributed by atoms with Gasteiger partial charge in [-0.3, -0.25) is 14.8 Å². The molecule has 26 heavy (non-hydrogen) atoms. The Balaban J connectivity index is 1.78. The predicted molar refractivity (Wildman–Crippen MR) is 101 cm³/mol. The van der Waals surface area contributed by atoms with Crippen molar-refractivity contribution in [3.05, 3.63) is 65.2 Å². The molecule has 1 amide bonds. The van der Waals surface area contributed by atoms with Gasteiger partial charge < -0.3 is 0 Å². The number of anilines is 2. The van der Waals surface area contributed by atoms with Gasteiger partial charge in [-0.1, -0.05) is 41.7 Å². The second-order valence-electron chi connectivity index (χ2n) is 5.55. The van der Waals surface area contributed by atoms with Crippen molar-refractivity contribution in [2.24, 2.45) is 0 Å². The molecule has 0 aliphatic heterocycles. The van der Waals surface area contributed by atoms with E-state index >= 15 is 0 Å². The number of carbonyl (C=O) groups excluding carboxylic acids is 1. The molecule has 9 heteroatoms. The molecule has 0 bridgehead atoms. The summed E-state index contributed by atoms with van der Waals surface area (Å²) in [4.78, 5) is 12.1. The molecule has 3 aromatic rings. The summed E-state index contributed by atoms with van der Waals surface area (Å²) >= 11 is 0.787. The molecule has 0 radical (unpaired) electrons. The van der Waals surface area contributed by atoms with Gasteiger partial charge in [0.25, 0.3) is 20.3 Å². The molecule has 7 nitrogen and oxygen atoms in total. The van der Waals surface area contributed by atoms with Gasteiger partial charge in [-0.25, -0.2) is 0 Å². The Hall–Kier alpha value is -2.78. The topological polar surface area (TPSA) is 101 Å². The van der Waals surface area contributed by atoms with Crippen LogP contribution >= 0.6 is 11.3 Å². The molecular formula is C17H16N4O3S2. The lowest BCUT2D eigenvalue weighted by atomic mass is 10.1. The largest absolute Gasteiger partial charge is 0.296 e. The zero-order valence-electron chi connectivity index (χ0n) is 14.1. The van der Waals surface area contributed by atoms with Crippen LogP contribution < -0.4 is 10.0 Å². The van der Waals surface area contributed by atoms with E-state index < -0.39 is 10.0 Å². The molecule has 3 rings (SSSR count). The highest BCUT2D eigenvalue weighted by atomic mass is 32.2. The van der Waals surface area contributed by atoms with E-state index in [1.54, 1.807) is 42.5 Å². The Kier molecular flexibility index (Phi) is 5.01. The average Bonchev–Trinajstić information content (AvgIpc) is 3.09. The number of carbonyl (C=O) groups is 1. The van der Waals surface area contributed by atoms with Crippen LogP contribution in [0.3, 0.4) is 0 Å². The molecule has 0 unspecified atom stereocenters. The fourth-order valence-electron chi connectivity index (χ4n) is 2.18.